The Bertz CT molecular complexity index is 479. The highest BCUT2D eigenvalue weighted by Gasteiger charge is 2.13. The molecule has 0 aliphatic rings. The number of halogens is 1. The fraction of sp³-hybridized carbons (Fsp3) is 0.250. The number of nitrogens with zero attached hydrogens (tertiary/aromatic N) is 2. The van der Waals surface area contributed by atoms with Crippen LogP contribution >= 0.6 is 15.9 Å². The van der Waals surface area contributed by atoms with Gasteiger partial charge in [-0.25, -0.2) is 4.98 Å². The van der Waals surface area contributed by atoms with Gasteiger partial charge < -0.3 is 9.67 Å². The van der Waals surface area contributed by atoms with Gasteiger partial charge in [0.25, 0.3) is 0 Å². The van der Waals surface area contributed by atoms with Crippen LogP contribution in [-0.4, -0.2) is 21.3 Å². The molecule has 0 fully saturated rings. The number of hydrogen-bond donors (Lipinski definition) is 1. The molecule has 0 aliphatic heterocycles. The summed E-state index contributed by atoms with van der Waals surface area (Å²) in [5, 5.41) is 8.95. The molecule has 16 heavy (non-hydrogen) atoms. The van der Waals surface area contributed by atoms with E-state index >= 15 is 0 Å². The van der Waals surface area contributed by atoms with Crippen molar-refractivity contribution < 1.29 is 5.11 Å². The minimum atomic E-state index is 0.117. The Labute approximate surface area is 103 Å². The average molecular weight is 281 g/mol. The molecule has 3 nitrogen and oxygen atoms in total. The molecule has 0 saturated carbocycles. The second-order valence-corrected chi connectivity index (χ2v) is 4.32. The number of aliphatic hydroxyl groups is 1. The third-order valence-electron chi connectivity index (χ3n) is 2.50. The number of rotatable bonds is 3. The highest BCUT2D eigenvalue weighted by Crippen LogP contribution is 2.27. The molecule has 0 radical (unpaired) electrons. The van der Waals surface area contributed by atoms with Crippen molar-refractivity contribution in [2.75, 3.05) is 6.61 Å². The van der Waals surface area contributed by atoms with Gasteiger partial charge in [-0.1, -0.05) is 30.3 Å². The van der Waals surface area contributed by atoms with Gasteiger partial charge in [-0.05, 0) is 15.9 Å². The van der Waals surface area contributed by atoms with Gasteiger partial charge in [0.1, 0.15) is 16.1 Å². The molecule has 84 valence electrons. The highest BCUT2D eigenvalue weighted by molar-refractivity contribution is 9.10. The van der Waals surface area contributed by atoms with Gasteiger partial charge in [0.2, 0.25) is 0 Å². The Morgan fingerprint density at radius 2 is 2.00 bits per heavy atom. The molecule has 1 N–H and O–H groups in total. The topological polar surface area (TPSA) is 38.0 Å². The Morgan fingerprint density at radius 1 is 1.31 bits per heavy atom. The Hall–Kier alpha value is -1.13. The van der Waals surface area contributed by atoms with Crippen LogP contribution in [0.4, 0.5) is 0 Å². The van der Waals surface area contributed by atoms with Crippen LogP contribution in [0.15, 0.2) is 34.9 Å². The van der Waals surface area contributed by atoms with Gasteiger partial charge in [0.15, 0.2) is 0 Å². The van der Waals surface area contributed by atoms with Crippen molar-refractivity contribution in [1.82, 2.24) is 9.55 Å². The SMILES string of the molecule is Cn1c(CCO)nc(-c2ccccc2)c1Br. The summed E-state index contributed by atoms with van der Waals surface area (Å²) >= 11 is 3.53. The van der Waals surface area contributed by atoms with E-state index in [0.717, 1.165) is 21.7 Å². The number of aliphatic hydroxyl groups excluding tert-OH is 1. The van der Waals surface area contributed by atoms with Crippen molar-refractivity contribution in [2.45, 2.75) is 6.42 Å². The first-order valence-electron chi connectivity index (χ1n) is 5.11. The van der Waals surface area contributed by atoms with E-state index in [1.807, 2.05) is 41.9 Å². The first-order chi connectivity index (χ1) is 7.74. The first kappa shape index (κ1) is 11.4. The summed E-state index contributed by atoms with van der Waals surface area (Å²) in [7, 11) is 1.94. The number of benzene rings is 1. The third kappa shape index (κ3) is 2.03. The van der Waals surface area contributed by atoms with Gasteiger partial charge in [-0.15, -0.1) is 0 Å². The maximum atomic E-state index is 8.95. The number of aromatic nitrogens is 2. The summed E-state index contributed by atoms with van der Waals surface area (Å²) < 4.78 is 2.90. The van der Waals surface area contributed by atoms with Gasteiger partial charge in [-0.2, -0.15) is 0 Å². The second-order valence-electron chi connectivity index (χ2n) is 3.57. The smallest absolute Gasteiger partial charge is 0.112 e. The van der Waals surface area contributed by atoms with Crippen molar-refractivity contribution in [1.29, 1.82) is 0 Å². The molecule has 0 saturated heterocycles. The van der Waals surface area contributed by atoms with Crippen LogP contribution in [-0.2, 0) is 13.5 Å². The average Bonchev–Trinajstić information content (AvgIpc) is 2.59. The van der Waals surface area contributed by atoms with Crippen LogP contribution in [0.5, 0.6) is 0 Å². The Morgan fingerprint density at radius 3 is 2.62 bits per heavy atom. The monoisotopic (exact) mass is 280 g/mol. The Kier molecular flexibility index (Phi) is 3.41. The molecule has 1 heterocycles. The zero-order chi connectivity index (χ0) is 11.5. The van der Waals surface area contributed by atoms with Crippen LogP contribution in [0.3, 0.4) is 0 Å². The van der Waals surface area contributed by atoms with Crippen molar-refractivity contribution in [2.24, 2.45) is 7.05 Å². The standard InChI is InChI=1S/C12H13BrN2O/c1-15-10(7-8-16)14-11(12(15)13)9-5-3-2-4-6-9/h2-6,16H,7-8H2,1H3. The lowest BCUT2D eigenvalue weighted by Crippen LogP contribution is -2.00. The zero-order valence-electron chi connectivity index (χ0n) is 9.02. The summed E-state index contributed by atoms with van der Waals surface area (Å²) in [5.74, 6) is 0.883. The summed E-state index contributed by atoms with van der Waals surface area (Å²) in [6.07, 6.45) is 0.571. The van der Waals surface area contributed by atoms with E-state index in [1.165, 1.54) is 0 Å². The minimum Gasteiger partial charge on any atom is -0.396 e. The molecule has 0 spiro atoms. The van der Waals surface area contributed by atoms with Crippen LogP contribution in [0.25, 0.3) is 11.3 Å². The fourth-order valence-corrected chi connectivity index (χ4v) is 2.15. The fourth-order valence-electron chi connectivity index (χ4n) is 1.63. The summed E-state index contributed by atoms with van der Waals surface area (Å²) in [6, 6.07) is 10.0. The van der Waals surface area contributed by atoms with Crippen LogP contribution < -0.4 is 0 Å². The van der Waals surface area contributed by atoms with Crippen LogP contribution in [0, 0.1) is 0 Å². The van der Waals surface area contributed by atoms with Crippen molar-refractivity contribution in [3.63, 3.8) is 0 Å². The molecule has 2 aromatic rings. The zero-order valence-corrected chi connectivity index (χ0v) is 10.6. The van der Waals surface area contributed by atoms with E-state index in [4.69, 9.17) is 5.11 Å². The van der Waals surface area contributed by atoms with Crippen LogP contribution in [0.1, 0.15) is 5.82 Å². The minimum absolute atomic E-state index is 0.117. The van der Waals surface area contributed by atoms with Crippen molar-refractivity contribution >= 4 is 15.9 Å². The van der Waals surface area contributed by atoms with Crippen molar-refractivity contribution in [3.8, 4) is 11.3 Å². The Balaban J connectivity index is 2.46. The van der Waals surface area contributed by atoms with Gasteiger partial charge >= 0.3 is 0 Å². The van der Waals surface area contributed by atoms with E-state index in [-0.39, 0.29) is 6.61 Å². The molecule has 0 unspecified atom stereocenters. The molecule has 2 rings (SSSR count). The van der Waals surface area contributed by atoms with Gasteiger partial charge in [-0.3, -0.25) is 0 Å². The van der Waals surface area contributed by atoms with E-state index in [0.29, 0.717) is 6.42 Å². The predicted octanol–water partition coefficient (Wildman–Crippen LogP) is 2.38. The molecular formula is C12H13BrN2O. The molecular weight excluding hydrogens is 268 g/mol. The van der Waals surface area contributed by atoms with E-state index in [2.05, 4.69) is 20.9 Å². The molecule has 1 aromatic heterocycles. The van der Waals surface area contributed by atoms with Gasteiger partial charge in [0.05, 0.1) is 6.61 Å². The van der Waals surface area contributed by atoms with Gasteiger partial charge in [0, 0.05) is 19.0 Å². The second kappa shape index (κ2) is 4.80. The van der Waals surface area contributed by atoms with Crippen molar-refractivity contribution in [3.05, 3.63) is 40.8 Å². The third-order valence-corrected chi connectivity index (χ3v) is 3.41. The quantitative estimate of drug-likeness (QED) is 0.938. The molecule has 0 amide bonds. The number of hydrogen-bond acceptors (Lipinski definition) is 2. The lowest BCUT2D eigenvalue weighted by molar-refractivity contribution is 0.295. The first-order valence-corrected chi connectivity index (χ1v) is 5.90. The maximum absolute atomic E-state index is 8.95. The number of imidazole rings is 1. The predicted molar refractivity (Wildman–Crippen MR) is 67.1 cm³/mol. The van der Waals surface area contributed by atoms with E-state index in [1.54, 1.807) is 0 Å². The maximum Gasteiger partial charge on any atom is 0.112 e. The summed E-state index contributed by atoms with van der Waals surface area (Å²) in [5.41, 5.74) is 2.00. The lowest BCUT2D eigenvalue weighted by Gasteiger charge is -1.99. The van der Waals surface area contributed by atoms with E-state index in [9.17, 15) is 0 Å². The normalized spacial score (nSPS) is 10.7. The highest BCUT2D eigenvalue weighted by atomic mass is 79.9. The molecule has 0 atom stereocenters. The summed E-state index contributed by atoms with van der Waals surface area (Å²) in [4.78, 5) is 4.53. The lowest BCUT2D eigenvalue weighted by atomic mass is 10.2. The van der Waals surface area contributed by atoms with Crippen LogP contribution in [0.2, 0.25) is 0 Å². The molecule has 4 heteroatoms. The summed E-state index contributed by atoms with van der Waals surface area (Å²) in [6.45, 7) is 0.117. The molecule has 0 aliphatic carbocycles. The molecule has 0 bridgehead atoms. The molecule has 1 aromatic carbocycles. The largest absolute Gasteiger partial charge is 0.396 e. The van der Waals surface area contributed by atoms with E-state index < -0.39 is 0 Å².